The number of amides is 1. The molecular formula is C22H35N3O4S. The van der Waals surface area contributed by atoms with E-state index in [0.29, 0.717) is 47.9 Å². The van der Waals surface area contributed by atoms with Crippen LogP contribution in [0.25, 0.3) is 0 Å². The van der Waals surface area contributed by atoms with Gasteiger partial charge in [-0.15, -0.1) is 0 Å². The molecule has 1 aliphatic heterocycles. The van der Waals surface area contributed by atoms with E-state index in [-0.39, 0.29) is 23.8 Å². The Bertz CT molecular complexity index is 729. The number of benzene rings is 1. The van der Waals surface area contributed by atoms with Gasteiger partial charge in [0, 0.05) is 31.6 Å². The van der Waals surface area contributed by atoms with E-state index < -0.39 is 0 Å². The zero-order valence-electron chi connectivity index (χ0n) is 19.1. The van der Waals surface area contributed by atoms with Crippen LogP contribution in [0.3, 0.4) is 0 Å². The van der Waals surface area contributed by atoms with Crippen molar-refractivity contribution in [1.29, 1.82) is 0 Å². The van der Waals surface area contributed by atoms with Crippen LogP contribution in [0.15, 0.2) is 12.1 Å². The molecule has 2 unspecified atom stereocenters. The molecule has 0 spiro atoms. The van der Waals surface area contributed by atoms with Gasteiger partial charge in [-0.3, -0.25) is 4.79 Å². The normalized spacial score (nSPS) is 18.5. The minimum Gasteiger partial charge on any atom is -0.493 e. The molecule has 7 nitrogen and oxygen atoms in total. The third-order valence-electron chi connectivity index (χ3n) is 5.16. The Kier molecular flexibility index (Phi) is 8.58. The summed E-state index contributed by atoms with van der Waals surface area (Å²) < 4.78 is 16.5. The topological polar surface area (TPSA) is 72.1 Å². The molecule has 8 heteroatoms. The molecule has 0 aromatic heterocycles. The number of hydrogen-bond donors (Lipinski definition) is 2. The molecule has 1 aromatic carbocycles. The molecule has 2 N–H and O–H groups in total. The first-order chi connectivity index (χ1) is 14.2. The maximum Gasteiger partial charge on any atom is 0.225 e. The average Bonchev–Trinajstić information content (AvgIpc) is 3.16. The molecule has 0 radical (unpaired) electrons. The number of methoxy groups -OCH3 is 3. The molecule has 1 heterocycles. The number of thiocarbonyl (C=S) groups is 1. The van der Waals surface area contributed by atoms with Crippen LogP contribution >= 0.6 is 12.2 Å². The molecule has 1 aromatic rings. The van der Waals surface area contributed by atoms with Gasteiger partial charge in [0.2, 0.25) is 11.7 Å². The van der Waals surface area contributed by atoms with E-state index in [9.17, 15) is 4.79 Å². The van der Waals surface area contributed by atoms with E-state index in [4.69, 9.17) is 26.4 Å². The molecule has 0 saturated carbocycles. The monoisotopic (exact) mass is 437 g/mol. The Labute approximate surface area is 185 Å². The minimum absolute atomic E-state index is 0.0392. The number of ether oxygens (including phenoxy) is 3. The van der Waals surface area contributed by atoms with Gasteiger partial charge >= 0.3 is 0 Å². The van der Waals surface area contributed by atoms with Crippen molar-refractivity contribution in [3.63, 3.8) is 0 Å². The van der Waals surface area contributed by atoms with Crippen molar-refractivity contribution in [2.24, 2.45) is 11.8 Å². The second-order valence-electron chi connectivity index (χ2n) is 8.32. The van der Waals surface area contributed by atoms with Crippen molar-refractivity contribution < 1.29 is 19.0 Å². The lowest BCUT2D eigenvalue weighted by molar-refractivity contribution is -0.125. The lowest BCUT2D eigenvalue weighted by Gasteiger charge is -2.22. The van der Waals surface area contributed by atoms with Crippen molar-refractivity contribution >= 4 is 23.2 Å². The molecule has 1 aliphatic rings. The summed E-state index contributed by atoms with van der Waals surface area (Å²) >= 11 is 5.59. The standard InChI is InChI=1S/C22H35N3O4S/c1-13(2)10-23-21(26)17-12-25(22(30)24-14(3)4)11-16(17)15-8-18(27-5)20(29-7)19(9-15)28-6/h8-9,13-14,16-17H,10-12H2,1-7H3,(H,23,26)(H,24,30). The molecule has 1 fully saturated rings. The van der Waals surface area contributed by atoms with Gasteiger partial charge in [-0.1, -0.05) is 13.8 Å². The van der Waals surface area contributed by atoms with Crippen LogP contribution < -0.4 is 24.8 Å². The summed E-state index contributed by atoms with van der Waals surface area (Å²) in [5.41, 5.74) is 0.962. The van der Waals surface area contributed by atoms with Gasteiger partial charge in [-0.25, -0.2) is 0 Å². The number of carbonyl (C=O) groups is 1. The van der Waals surface area contributed by atoms with Crippen molar-refractivity contribution in [2.75, 3.05) is 41.0 Å². The number of likely N-dealkylation sites (tertiary alicyclic amines) is 1. The van der Waals surface area contributed by atoms with Gasteiger partial charge in [0.05, 0.1) is 27.2 Å². The van der Waals surface area contributed by atoms with Crippen LogP contribution in [0.2, 0.25) is 0 Å². The molecular weight excluding hydrogens is 402 g/mol. The summed E-state index contributed by atoms with van der Waals surface area (Å²) in [4.78, 5) is 15.1. The summed E-state index contributed by atoms with van der Waals surface area (Å²) in [5.74, 6) is 1.82. The third kappa shape index (κ3) is 5.68. The quantitative estimate of drug-likeness (QED) is 0.606. The molecule has 168 valence electrons. The summed E-state index contributed by atoms with van der Waals surface area (Å²) in [7, 11) is 4.77. The zero-order valence-corrected chi connectivity index (χ0v) is 19.9. The van der Waals surface area contributed by atoms with Crippen molar-refractivity contribution in [1.82, 2.24) is 15.5 Å². The number of nitrogens with zero attached hydrogens (tertiary/aromatic N) is 1. The van der Waals surface area contributed by atoms with Crippen molar-refractivity contribution in [2.45, 2.75) is 39.7 Å². The van der Waals surface area contributed by atoms with Gasteiger partial charge in [-0.05, 0) is 49.7 Å². The maximum atomic E-state index is 13.1. The van der Waals surface area contributed by atoms with E-state index in [0.717, 1.165) is 5.56 Å². The SMILES string of the molecule is COc1cc(C2CN(C(=S)NC(C)C)CC2C(=O)NCC(C)C)cc(OC)c1OC. The van der Waals surface area contributed by atoms with Gasteiger partial charge in [0.1, 0.15) is 0 Å². The highest BCUT2D eigenvalue weighted by molar-refractivity contribution is 7.80. The molecule has 2 rings (SSSR count). The fourth-order valence-corrected chi connectivity index (χ4v) is 4.05. The Morgan fingerprint density at radius 2 is 1.70 bits per heavy atom. The van der Waals surface area contributed by atoms with E-state index in [1.807, 2.05) is 26.0 Å². The number of hydrogen-bond acceptors (Lipinski definition) is 5. The lowest BCUT2D eigenvalue weighted by atomic mass is 9.87. The molecule has 1 saturated heterocycles. The smallest absolute Gasteiger partial charge is 0.225 e. The Hall–Kier alpha value is -2.22. The number of nitrogens with one attached hydrogen (secondary N) is 2. The van der Waals surface area contributed by atoms with Gasteiger partial charge in [0.15, 0.2) is 16.6 Å². The summed E-state index contributed by atoms with van der Waals surface area (Å²) in [6.45, 7) is 10.1. The highest BCUT2D eigenvalue weighted by Gasteiger charge is 2.40. The van der Waals surface area contributed by atoms with Crippen LogP contribution in [0.5, 0.6) is 17.2 Å². The predicted octanol–water partition coefficient (Wildman–Crippen LogP) is 2.78. The Morgan fingerprint density at radius 3 is 2.17 bits per heavy atom. The molecule has 0 bridgehead atoms. The first-order valence-electron chi connectivity index (χ1n) is 10.3. The molecule has 1 amide bonds. The second-order valence-corrected chi connectivity index (χ2v) is 8.71. The van der Waals surface area contributed by atoms with Crippen LogP contribution in [-0.2, 0) is 4.79 Å². The number of rotatable bonds is 8. The largest absolute Gasteiger partial charge is 0.493 e. The lowest BCUT2D eigenvalue weighted by Crippen LogP contribution is -2.42. The average molecular weight is 438 g/mol. The van der Waals surface area contributed by atoms with Crippen molar-refractivity contribution in [3.05, 3.63) is 17.7 Å². The summed E-state index contributed by atoms with van der Waals surface area (Å²) in [5, 5.41) is 7.04. The Morgan fingerprint density at radius 1 is 1.10 bits per heavy atom. The van der Waals surface area contributed by atoms with Crippen LogP contribution in [0.1, 0.15) is 39.2 Å². The fourth-order valence-electron chi connectivity index (χ4n) is 3.66. The maximum absolute atomic E-state index is 13.1. The fraction of sp³-hybridized carbons (Fsp3) is 0.636. The van der Waals surface area contributed by atoms with E-state index in [1.165, 1.54) is 0 Å². The van der Waals surface area contributed by atoms with Gasteiger partial charge in [0.25, 0.3) is 0 Å². The van der Waals surface area contributed by atoms with E-state index in [1.54, 1.807) is 21.3 Å². The minimum atomic E-state index is -0.238. The molecule has 30 heavy (non-hydrogen) atoms. The van der Waals surface area contributed by atoms with Crippen LogP contribution in [0.4, 0.5) is 0 Å². The van der Waals surface area contributed by atoms with Gasteiger partial charge < -0.3 is 29.7 Å². The van der Waals surface area contributed by atoms with E-state index in [2.05, 4.69) is 29.4 Å². The predicted molar refractivity (Wildman–Crippen MR) is 123 cm³/mol. The second kappa shape index (κ2) is 10.7. The summed E-state index contributed by atoms with van der Waals surface area (Å²) in [6.07, 6.45) is 0. The van der Waals surface area contributed by atoms with Crippen LogP contribution in [0, 0.1) is 11.8 Å². The summed E-state index contributed by atoms with van der Waals surface area (Å²) in [6, 6.07) is 4.08. The zero-order chi connectivity index (χ0) is 22.4. The highest BCUT2D eigenvalue weighted by Crippen LogP contribution is 2.43. The van der Waals surface area contributed by atoms with Crippen molar-refractivity contribution in [3.8, 4) is 17.2 Å². The van der Waals surface area contributed by atoms with Crippen LogP contribution in [-0.4, -0.2) is 62.9 Å². The van der Waals surface area contributed by atoms with Gasteiger partial charge in [-0.2, -0.15) is 0 Å². The Balaban J connectivity index is 2.39. The van der Waals surface area contributed by atoms with E-state index >= 15 is 0 Å². The third-order valence-corrected chi connectivity index (χ3v) is 5.53. The molecule has 2 atom stereocenters. The molecule has 0 aliphatic carbocycles. The highest BCUT2D eigenvalue weighted by atomic mass is 32.1. The first kappa shape index (κ1) is 24.1. The first-order valence-corrected chi connectivity index (χ1v) is 10.8. The number of carbonyl (C=O) groups excluding carboxylic acids is 1.